The zero-order chi connectivity index (χ0) is 16.0. The van der Waals surface area contributed by atoms with Crippen LogP contribution in [0.25, 0.3) is 5.82 Å². The molecule has 0 saturated carbocycles. The van der Waals surface area contributed by atoms with E-state index in [1.807, 2.05) is 36.7 Å². The molecule has 2 fully saturated rings. The van der Waals surface area contributed by atoms with Gasteiger partial charge in [-0.15, -0.1) is 10.2 Å². The summed E-state index contributed by atoms with van der Waals surface area (Å²) in [5.74, 6) is 1.63. The van der Waals surface area contributed by atoms with Gasteiger partial charge in [0.25, 0.3) is 0 Å². The molecule has 23 heavy (non-hydrogen) atoms. The molecule has 2 unspecified atom stereocenters. The Morgan fingerprint density at radius 1 is 1.09 bits per heavy atom. The summed E-state index contributed by atoms with van der Waals surface area (Å²) in [6.45, 7) is 4.02. The van der Waals surface area contributed by atoms with Gasteiger partial charge in [-0.3, -0.25) is 0 Å². The van der Waals surface area contributed by atoms with Gasteiger partial charge in [0, 0.05) is 23.8 Å². The Bertz CT molecular complexity index is 678. The second-order valence-corrected chi connectivity index (χ2v) is 6.98. The van der Waals surface area contributed by atoms with Crippen LogP contribution in [0.15, 0.2) is 18.2 Å². The van der Waals surface area contributed by atoms with Crippen LogP contribution in [0.5, 0.6) is 0 Å². The molecule has 2 aromatic heterocycles. The van der Waals surface area contributed by atoms with E-state index in [9.17, 15) is 0 Å². The number of fused-ring (bicyclic) bond motifs is 2. The molecule has 1 N–H and O–H groups in total. The fourth-order valence-electron chi connectivity index (χ4n) is 4.11. The minimum Gasteiger partial charge on any atom is -0.366 e. The topological polar surface area (TPSA) is 58.9 Å². The van der Waals surface area contributed by atoms with Crippen molar-refractivity contribution >= 4 is 5.82 Å². The number of nitrogens with one attached hydrogen (secondary N) is 1. The van der Waals surface area contributed by atoms with E-state index in [0.717, 1.165) is 35.1 Å². The Balaban J connectivity index is 1.46. The number of aryl methyl sites for hydroxylation is 2. The second-order valence-electron chi connectivity index (χ2n) is 6.98. The van der Waals surface area contributed by atoms with Crippen molar-refractivity contribution in [2.45, 2.75) is 57.7 Å². The molecule has 4 heterocycles. The molecule has 122 valence electrons. The highest BCUT2D eigenvalue weighted by Gasteiger charge is 2.38. The summed E-state index contributed by atoms with van der Waals surface area (Å²) >= 11 is 0. The van der Waals surface area contributed by atoms with Crippen LogP contribution in [0.4, 0.5) is 5.82 Å². The van der Waals surface area contributed by atoms with Crippen LogP contribution in [-0.2, 0) is 0 Å². The third-order valence-corrected chi connectivity index (χ3v) is 5.33. The van der Waals surface area contributed by atoms with Gasteiger partial charge in [-0.1, -0.05) is 0 Å². The van der Waals surface area contributed by atoms with Gasteiger partial charge >= 0.3 is 0 Å². The van der Waals surface area contributed by atoms with Gasteiger partial charge in [0.05, 0.1) is 5.69 Å². The first-order chi connectivity index (χ1) is 11.1. The summed E-state index contributed by atoms with van der Waals surface area (Å²) in [7, 11) is 2.27. The predicted octanol–water partition coefficient (Wildman–Crippen LogP) is 2.32. The number of nitrogens with zero attached hydrogens (tertiary/aromatic N) is 5. The molecular formula is C17H24N6. The molecule has 0 radical (unpaired) electrons. The van der Waals surface area contributed by atoms with Crippen molar-refractivity contribution in [3.8, 4) is 5.82 Å². The van der Waals surface area contributed by atoms with E-state index in [4.69, 9.17) is 0 Å². The van der Waals surface area contributed by atoms with Crippen molar-refractivity contribution in [1.82, 2.24) is 24.9 Å². The van der Waals surface area contributed by atoms with Crippen molar-refractivity contribution in [2.24, 2.45) is 0 Å². The van der Waals surface area contributed by atoms with Crippen molar-refractivity contribution in [3.05, 3.63) is 29.6 Å². The molecule has 2 aliphatic rings. The fraction of sp³-hybridized carbons (Fsp3) is 0.588. The SMILES string of the molecule is Cc1cc(C)n(-c2ccc(NC3CC4CCC(C3)N4C)nn2)n1. The Kier molecular flexibility index (Phi) is 3.56. The third-order valence-electron chi connectivity index (χ3n) is 5.33. The molecule has 0 spiro atoms. The van der Waals surface area contributed by atoms with Gasteiger partial charge in [0.15, 0.2) is 5.82 Å². The van der Waals surface area contributed by atoms with Gasteiger partial charge in [-0.25, -0.2) is 4.68 Å². The van der Waals surface area contributed by atoms with E-state index >= 15 is 0 Å². The number of piperidine rings is 1. The zero-order valence-electron chi connectivity index (χ0n) is 14.0. The van der Waals surface area contributed by atoms with Crippen molar-refractivity contribution in [1.29, 1.82) is 0 Å². The largest absolute Gasteiger partial charge is 0.366 e. The van der Waals surface area contributed by atoms with E-state index < -0.39 is 0 Å². The van der Waals surface area contributed by atoms with Crippen molar-refractivity contribution in [3.63, 3.8) is 0 Å². The van der Waals surface area contributed by atoms with Crippen LogP contribution in [0.1, 0.15) is 37.1 Å². The molecule has 0 aromatic carbocycles. The minimum absolute atomic E-state index is 0.512. The first kappa shape index (κ1) is 14.6. The summed E-state index contributed by atoms with van der Waals surface area (Å²) in [6.07, 6.45) is 5.07. The van der Waals surface area contributed by atoms with Crippen molar-refractivity contribution in [2.75, 3.05) is 12.4 Å². The molecule has 2 saturated heterocycles. The van der Waals surface area contributed by atoms with Crippen LogP contribution >= 0.6 is 0 Å². The molecule has 2 aliphatic heterocycles. The molecule has 0 aliphatic carbocycles. The monoisotopic (exact) mass is 312 g/mol. The molecule has 2 bridgehead atoms. The Hall–Kier alpha value is -1.95. The number of hydrogen-bond acceptors (Lipinski definition) is 5. The normalized spacial score (nSPS) is 27.3. The summed E-state index contributed by atoms with van der Waals surface area (Å²) in [4.78, 5) is 2.55. The average molecular weight is 312 g/mol. The Morgan fingerprint density at radius 2 is 1.83 bits per heavy atom. The summed E-state index contributed by atoms with van der Waals surface area (Å²) < 4.78 is 1.84. The van der Waals surface area contributed by atoms with Gasteiger partial charge in [-0.2, -0.15) is 5.10 Å². The molecule has 6 heteroatoms. The van der Waals surface area contributed by atoms with Gasteiger partial charge < -0.3 is 10.2 Å². The lowest BCUT2D eigenvalue weighted by atomic mass is 9.98. The number of rotatable bonds is 3. The first-order valence-electron chi connectivity index (χ1n) is 8.46. The summed E-state index contributed by atoms with van der Waals surface area (Å²) in [6, 6.07) is 8.01. The third kappa shape index (κ3) is 2.72. The average Bonchev–Trinajstić information content (AvgIpc) is 2.95. The smallest absolute Gasteiger partial charge is 0.176 e. The van der Waals surface area contributed by atoms with E-state index in [2.05, 4.69) is 32.6 Å². The lowest BCUT2D eigenvalue weighted by Crippen LogP contribution is -2.44. The van der Waals surface area contributed by atoms with Gasteiger partial charge in [0.1, 0.15) is 5.82 Å². The maximum absolute atomic E-state index is 4.45. The van der Waals surface area contributed by atoms with Crippen LogP contribution < -0.4 is 5.32 Å². The lowest BCUT2D eigenvalue weighted by molar-refractivity contribution is 0.168. The standard InChI is InChI=1S/C17H24N6/c1-11-8-12(2)23(21-11)17-7-6-16(19-20-17)18-13-9-14-4-5-15(10-13)22(14)3/h6-8,13-15H,4-5,9-10H2,1-3H3,(H,18,19). The van der Waals surface area contributed by atoms with Crippen LogP contribution in [0.2, 0.25) is 0 Å². The number of aromatic nitrogens is 4. The minimum atomic E-state index is 0.512. The predicted molar refractivity (Wildman–Crippen MR) is 89.8 cm³/mol. The zero-order valence-corrected chi connectivity index (χ0v) is 14.0. The van der Waals surface area contributed by atoms with Gasteiger partial charge in [-0.05, 0) is 64.8 Å². The van der Waals surface area contributed by atoms with E-state index in [-0.39, 0.29) is 0 Å². The lowest BCUT2D eigenvalue weighted by Gasteiger charge is -2.36. The summed E-state index contributed by atoms with van der Waals surface area (Å²) in [5, 5.41) is 16.7. The van der Waals surface area contributed by atoms with Crippen LogP contribution in [0, 0.1) is 13.8 Å². The maximum Gasteiger partial charge on any atom is 0.176 e. The van der Waals surface area contributed by atoms with Crippen LogP contribution in [0.3, 0.4) is 0 Å². The quantitative estimate of drug-likeness (QED) is 0.942. The van der Waals surface area contributed by atoms with Crippen LogP contribution in [-0.4, -0.2) is 50.1 Å². The highest BCUT2D eigenvalue weighted by Crippen LogP contribution is 2.35. The fourth-order valence-corrected chi connectivity index (χ4v) is 4.11. The Morgan fingerprint density at radius 3 is 2.39 bits per heavy atom. The number of hydrogen-bond donors (Lipinski definition) is 1. The van der Waals surface area contributed by atoms with E-state index in [0.29, 0.717) is 6.04 Å². The Labute approximate surface area is 136 Å². The molecule has 2 aromatic rings. The van der Waals surface area contributed by atoms with Crippen molar-refractivity contribution < 1.29 is 0 Å². The maximum atomic E-state index is 4.45. The van der Waals surface area contributed by atoms with Gasteiger partial charge in [0.2, 0.25) is 0 Å². The number of anilines is 1. The summed E-state index contributed by atoms with van der Waals surface area (Å²) in [5.41, 5.74) is 2.07. The second kappa shape index (κ2) is 5.60. The molecular weight excluding hydrogens is 288 g/mol. The molecule has 0 amide bonds. The highest BCUT2D eigenvalue weighted by atomic mass is 15.4. The first-order valence-corrected chi connectivity index (χ1v) is 8.46. The molecule has 4 rings (SSSR count). The molecule has 6 nitrogen and oxygen atoms in total. The highest BCUT2D eigenvalue weighted by molar-refractivity contribution is 5.38. The van der Waals surface area contributed by atoms with E-state index in [1.54, 1.807) is 0 Å². The van der Waals surface area contributed by atoms with E-state index in [1.165, 1.54) is 25.7 Å². The molecule has 2 atom stereocenters.